The number of rotatable bonds is 7. The van der Waals surface area contributed by atoms with Crippen molar-refractivity contribution in [2.24, 2.45) is 0 Å². The van der Waals surface area contributed by atoms with Crippen LogP contribution in [0.4, 0.5) is 16.3 Å². The molecule has 3 heterocycles. The number of pyridine rings is 1. The van der Waals surface area contributed by atoms with E-state index in [0.717, 1.165) is 50.4 Å². The van der Waals surface area contributed by atoms with Crippen molar-refractivity contribution >= 4 is 17.5 Å². The monoisotopic (exact) mass is 395 g/mol. The number of nitrogens with one attached hydrogen (secondary N) is 2. The van der Waals surface area contributed by atoms with Crippen molar-refractivity contribution in [3.05, 3.63) is 53.7 Å². The van der Waals surface area contributed by atoms with Gasteiger partial charge in [0.25, 0.3) is 0 Å². The lowest BCUT2D eigenvalue weighted by atomic mass is 10.2. The van der Waals surface area contributed by atoms with Gasteiger partial charge in [0.15, 0.2) is 0 Å². The van der Waals surface area contributed by atoms with Gasteiger partial charge in [-0.3, -0.25) is 0 Å². The fourth-order valence-corrected chi connectivity index (χ4v) is 3.98. The first kappa shape index (κ1) is 19.5. The number of amides is 2. The van der Waals surface area contributed by atoms with Gasteiger partial charge < -0.3 is 25.2 Å². The van der Waals surface area contributed by atoms with E-state index >= 15 is 0 Å². The molecule has 1 fully saturated rings. The third-order valence-electron chi connectivity index (χ3n) is 5.49. The molecular weight excluding hydrogens is 366 g/mol. The summed E-state index contributed by atoms with van der Waals surface area (Å²) in [6, 6.07) is 12.4. The molecule has 7 nitrogen and oxygen atoms in total. The molecule has 2 aliphatic rings. The second kappa shape index (κ2) is 9.60. The lowest BCUT2D eigenvalue weighted by molar-refractivity contribution is 0.122. The molecule has 0 radical (unpaired) electrons. The molecule has 1 saturated heterocycles. The third-order valence-corrected chi connectivity index (χ3v) is 5.49. The molecule has 4 rings (SSSR count). The first-order chi connectivity index (χ1) is 14.3. The number of carbonyl (C=O) groups excluding carboxylic acids is 1. The Morgan fingerprint density at radius 2 is 1.93 bits per heavy atom. The van der Waals surface area contributed by atoms with Crippen LogP contribution < -0.4 is 20.4 Å². The number of urea groups is 1. The number of hydrogen-bond acceptors (Lipinski definition) is 5. The van der Waals surface area contributed by atoms with E-state index in [1.165, 1.54) is 11.3 Å². The number of para-hydroxylation sites is 1. The van der Waals surface area contributed by atoms with Crippen LogP contribution in [0, 0.1) is 0 Å². The van der Waals surface area contributed by atoms with E-state index in [1.54, 1.807) is 6.20 Å². The summed E-state index contributed by atoms with van der Waals surface area (Å²) in [4.78, 5) is 21.3. The average Bonchev–Trinajstić information content (AvgIpc) is 3.19. The highest BCUT2D eigenvalue weighted by Gasteiger charge is 2.18. The maximum Gasteiger partial charge on any atom is 0.315 e. The van der Waals surface area contributed by atoms with E-state index < -0.39 is 0 Å². The second-order valence-corrected chi connectivity index (χ2v) is 7.41. The summed E-state index contributed by atoms with van der Waals surface area (Å²) >= 11 is 0. The van der Waals surface area contributed by atoms with Crippen LogP contribution in [0.15, 0.2) is 42.6 Å². The highest BCUT2D eigenvalue weighted by molar-refractivity contribution is 5.74. The third kappa shape index (κ3) is 4.98. The molecule has 0 aliphatic carbocycles. The molecule has 7 heteroatoms. The number of ether oxygens (including phenoxy) is 1. The summed E-state index contributed by atoms with van der Waals surface area (Å²) in [6.07, 6.45) is 3.83. The van der Waals surface area contributed by atoms with E-state index in [-0.39, 0.29) is 6.03 Å². The Hall–Kier alpha value is -2.80. The number of anilines is 2. The fourth-order valence-electron chi connectivity index (χ4n) is 3.98. The van der Waals surface area contributed by atoms with Crippen LogP contribution in [0.1, 0.15) is 17.5 Å². The first-order valence-electron chi connectivity index (χ1n) is 10.4. The molecule has 29 heavy (non-hydrogen) atoms. The highest BCUT2D eigenvalue weighted by atomic mass is 16.5. The van der Waals surface area contributed by atoms with Gasteiger partial charge in [-0.2, -0.15) is 0 Å². The van der Waals surface area contributed by atoms with E-state index in [0.29, 0.717) is 26.3 Å². The minimum Gasteiger partial charge on any atom is -0.378 e. The van der Waals surface area contributed by atoms with Gasteiger partial charge in [-0.05, 0) is 30.5 Å². The minimum atomic E-state index is -0.136. The maximum absolute atomic E-state index is 12.2. The van der Waals surface area contributed by atoms with E-state index in [2.05, 4.69) is 49.7 Å². The fraction of sp³-hybridized carbons (Fsp3) is 0.455. The predicted octanol–water partition coefficient (Wildman–Crippen LogP) is 2.17. The van der Waals surface area contributed by atoms with Crippen molar-refractivity contribution in [2.75, 3.05) is 55.7 Å². The Kier molecular flexibility index (Phi) is 6.46. The van der Waals surface area contributed by atoms with Crippen LogP contribution in [0.2, 0.25) is 0 Å². The number of aromatic nitrogens is 1. The SMILES string of the molecule is O=C(NCCCN1CCc2ccccc21)NCc1cccnc1N1CCOCC1. The lowest BCUT2D eigenvalue weighted by Crippen LogP contribution is -2.39. The first-order valence-corrected chi connectivity index (χ1v) is 10.4. The molecule has 2 amide bonds. The largest absolute Gasteiger partial charge is 0.378 e. The van der Waals surface area contributed by atoms with E-state index in [9.17, 15) is 4.79 Å². The van der Waals surface area contributed by atoms with Crippen molar-refractivity contribution in [1.29, 1.82) is 0 Å². The second-order valence-electron chi connectivity index (χ2n) is 7.41. The van der Waals surface area contributed by atoms with E-state index in [4.69, 9.17) is 4.74 Å². The standard InChI is InChI=1S/C22H29N5O2/c28-22(24-10-4-11-26-12-8-18-5-1-2-7-20(18)26)25-17-19-6-3-9-23-21(19)27-13-15-29-16-14-27/h1-3,5-7,9H,4,8,10-17H2,(H2,24,25,28). The van der Waals surface area contributed by atoms with Crippen LogP contribution in [-0.2, 0) is 17.7 Å². The van der Waals surface area contributed by atoms with Crippen molar-refractivity contribution < 1.29 is 9.53 Å². The minimum absolute atomic E-state index is 0.136. The molecule has 0 unspecified atom stereocenters. The zero-order valence-electron chi connectivity index (χ0n) is 16.8. The Bertz CT molecular complexity index is 822. The van der Waals surface area contributed by atoms with Crippen LogP contribution in [0.5, 0.6) is 0 Å². The molecule has 0 saturated carbocycles. The quantitative estimate of drug-likeness (QED) is 0.703. The number of nitrogens with zero attached hydrogens (tertiary/aromatic N) is 3. The topological polar surface area (TPSA) is 69.7 Å². The van der Waals surface area contributed by atoms with Crippen molar-refractivity contribution in [3.63, 3.8) is 0 Å². The van der Waals surface area contributed by atoms with Gasteiger partial charge in [0, 0.05) is 56.7 Å². The summed E-state index contributed by atoms with van der Waals surface area (Å²) in [5, 5.41) is 5.93. The Morgan fingerprint density at radius 1 is 1.07 bits per heavy atom. The Labute approximate surface area is 172 Å². The lowest BCUT2D eigenvalue weighted by Gasteiger charge is -2.29. The van der Waals surface area contributed by atoms with Crippen LogP contribution in [-0.4, -0.2) is 57.0 Å². The summed E-state index contributed by atoms with van der Waals surface area (Å²) < 4.78 is 5.42. The van der Waals surface area contributed by atoms with Crippen LogP contribution in [0.3, 0.4) is 0 Å². The summed E-state index contributed by atoms with van der Waals surface area (Å²) in [7, 11) is 0. The molecule has 0 spiro atoms. The number of benzene rings is 1. The maximum atomic E-state index is 12.2. The van der Waals surface area contributed by atoms with Gasteiger partial charge in [-0.15, -0.1) is 0 Å². The van der Waals surface area contributed by atoms with Crippen molar-refractivity contribution in [2.45, 2.75) is 19.4 Å². The molecule has 2 N–H and O–H groups in total. The number of fused-ring (bicyclic) bond motifs is 1. The van der Waals surface area contributed by atoms with E-state index in [1.807, 2.05) is 12.1 Å². The van der Waals surface area contributed by atoms with Gasteiger partial charge in [-0.25, -0.2) is 9.78 Å². The molecule has 0 atom stereocenters. The van der Waals surface area contributed by atoms with Gasteiger partial charge >= 0.3 is 6.03 Å². The van der Waals surface area contributed by atoms with Gasteiger partial charge in [0.2, 0.25) is 0 Å². The molecule has 2 aliphatic heterocycles. The number of hydrogen-bond donors (Lipinski definition) is 2. The Morgan fingerprint density at radius 3 is 2.83 bits per heavy atom. The molecule has 154 valence electrons. The smallest absolute Gasteiger partial charge is 0.315 e. The zero-order valence-corrected chi connectivity index (χ0v) is 16.8. The van der Waals surface area contributed by atoms with Crippen molar-refractivity contribution in [1.82, 2.24) is 15.6 Å². The van der Waals surface area contributed by atoms with Crippen LogP contribution >= 0.6 is 0 Å². The summed E-state index contributed by atoms with van der Waals surface area (Å²) in [5.41, 5.74) is 3.79. The van der Waals surface area contributed by atoms with Gasteiger partial charge in [0.05, 0.1) is 13.2 Å². The normalized spacial score (nSPS) is 15.9. The molecule has 0 bridgehead atoms. The molecule has 2 aromatic rings. The molecular formula is C22H29N5O2. The average molecular weight is 396 g/mol. The molecule has 1 aromatic heterocycles. The zero-order chi connectivity index (χ0) is 19.9. The number of carbonyl (C=O) groups is 1. The Balaban J connectivity index is 1.19. The van der Waals surface area contributed by atoms with Gasteiger partial charge in [-0.1, -0.05) is 24.3 Å². The summed E-state index contributed by atoms with van der Waals surface area (Å²) in [5.74, 6) is 0.934. The molecule has 1 aromatic carbocycles. The summed E-state index contributed by atoms with van der Waals surface area (Å²) in [6.45, 7) is 6.24. The van der Waals surface area contributed by atoms with Gasteiger partial charge in [0.1, 0.15) is 5.82 Å². The van der Waals surface area contributed by atoms with Crippen molar-refractivity contribution in [3.8, 4) is 0 Å². The predicted molar refractivity (Wildman–Crippen MR) is 114 cm³/mol. The van der Waals surface area contributed by atoms with Crippen LogP contribution in [0.25, 0.3) is 0 Å². The number of morpholine rings is 1. The highest BCUT2D eigenvalue weighted by Crippen LogP contribution is 2.27.